The fourth-order valence-corrected chi connectivity index (χ4v) is 6.02. The maximum atomic E-state index is 14.4. The Bertz CT molecular complexity index is 1430. The number of halogens is 1. The number of aromatic nitrogens is 5. The Morgan fingerprint density at radius 3 is 2.81 bits per heavy atom. The maximum Gasteiger partial charge on any atom is 0.155 e. The highest BCUT2D eigenvalue weighted by Crippen LogP contribution is 2.37. The smallest absolute Gasteiger partial charge is 0.155 e. The van der Waals surface area contributed by atoms with E-state index in [1.54, 1.807) is 16.8 Å². The average molecular weight is 520 g/mol. The van der Waals surface area contributed by atoms with Crippen LogP contribution in [0.25, 0.3) is 16.6 Å². The molecule has 8 nitrogen and oxygen atoms in total. The molecule has 10 heteroatoms. The van der Waals surface area contributed by atoms with Gasteiger partial charge in [-0.1, -0.05) is 11.8 Å². The molecule has 5 heterocycles. The van der Waals surface area contributed by atoms with Crippen LogP contribution in [-0.4, -0.2) is 55.7 Å². The molecule has 1 saturated heterocycles. The largest absolute Gasteiger partial charge is 0.366 e. The van der Waals surface area contributed by atoms with Gasteiger partial charge in [0.1, 0.15) is 11.1 Å². The van der Waals surface area contributed by atoms with Crippen LogP contribution >= 0.6 is 11.8 Å². The van der Waals surface area contributed by atoms with Crippen LogP contribution in [0.1, 0.15) is 44.0 Å². The first-order chi connectivity index (χ1) is 18.0. The summed E-state index contributed by atoms with van der Waals surface area (Å²) in [4.78, 5) is 7.27. The third-order valence-electron chi connectivity index (χ3n) is 7.16. The van der Waals surface area contributed by atoms with Crippen LogP contribution in [0.2, 0.25) is 0 Å². The van der Waals surface area contributed by atoms with Crippen molar-refractivity contribution >= 4 is 17.3 Å². The highest BCUT2D eigenvalue weighted by atomic mass is 32.2. The molecule has 0 N–H and O–H groups in total. The summed E-state index contributed by atoms with van der Waals surface area (Å²) in [6, 6.07) is 7.37. The molecule has 0 spiro atoms. The molecule has 37 heavy (non-hydrogen) atoms. The molecule has 0 aromatic carbocycles. The lowest BCUT2D eigenvalue weighted by atomic mass is 9.90. The van der Waals surface area contributed by atoms with E-state index in [1.807, 2.05) is 25.4 Å². The molecule has 1 aliphatic heterocycles. The van der Waals surface area contributed by atoms with E-state index in [2.05, 4.69) is 39.6 Å². The van der Waals surface area contributed by atoms with Gasteiger partial charge in [-0.15, -0.1) is 0 Å². The third-order valence-corrected chi connectivity index (χ3v) is 8.19. The minimum atomic E-state index is -0.404. The number of hydrogen-bond acceptors (Lipinski definition) is 7. The van der Waals surface area contributed by atoms with Gasteiger partial charge in [0.05, 0.1) is 36.2 Å². The van der Waals surface area contributed by atoms with Crippen molar-refractivity contribution < 1.29 is 9.13 Å². The van der Waals surface area contributed by atoms with Crippen molar-refractivity contribution in [3.63, 3.8) is 0 Å². The molecule has 0 amide bonds. The van der Waals surface area contributed by atoms with E-state index in [9.17, 15) is 9.65 Å². The number of rotatable bonds is 8. The molecular weight excluding hydrogens is 489 g/mol. The zero-order valence-corrected chi connectivity index (χ0v) is 22.1. The van der Waals surface area contributed by atoms with E-state index in [4.69, 9.17) is 9.84 Å². The van der Waals surface area contributed by atoms with Crippen molar-refractivity contribution in [1.29, 1.82) is 5.26 Å². The van der Waals surface area contributed by atoms with E-state index in [0.717, 1.165) is 49.4 Å². The molecule has 0 bridgehead atoms. The fraction of sp³-hybridized carbons (Fsp3) is 0.407. The van der Waals surface area contributed by atoms with Crippen molar-refractivity contribution in [3.8, 4) is 17.2 Å². The number of fused-ring (bicyclic) bond motifs is 1. The summed E-state index contributed by atoms with van der Waals surface area (Å²) in [5, 5.41) is 19.1. The zero-order chi connectivity index (χ0) is 25.9. The second-order valence-electron chi connectivity index (χ2n) is 9.35. The molecule has 1 fully saturated rings. The number of likely N-dealkylation sites (tertiary alicyclic amines) is 1. The van der Waals surface area contributed by atoms with Crippen LogP contribution in [-0.2, 0) is 4.74 Å². The molecule has 0 saturated carbocycles. The van der Waals surface area contributed by atoms with Crippen molar-refractivity contribution in [3.05, 3.63) is 60.1 Å². The fourth-order valence-electron chi connectivity index (χ4n) is 5.04. The van der Waals surface area contributed by atoms with Gasteiger partial charge in [-0.25, -0.2) is 13.9 Å². The van der Waals surface area contributed by atoms with Gasteiger partial charge < -0.3 is 4.74 Å². The van der Waals surface area contributed by atoms with Gasteiger partial charge in [-0.2, -0.15) is 15.5 Å². The van der Waals surface area contributed by atoms with E-state index < -0.39 is 5.82 Å². The van der Waals surface area contributed by atoms with E-state index in [-0.39, 0.29) is 11.1 Å². The average Bonchev–Trinajstić information content (AvgIpc) is 3.52. The SMILES string of the molecule is CCOCN1CCC([C@@H](C)n2ncc(-c3cc(Sc4ncccc4F)c4c(C#N)cnn4c3)c2C)CC1. The molecule has 4 aromatic rings. The van der Waals surface area contributed by atoms with Crippen LogP contribution in [0.3, 0.4) is 0 Å². The summed E-state index contributed by atoms with van der Waals surface area (Å²) >= 11 is 1.19. The van der Waals surface area contributed by atoms with Crippen molar-refractivity contribution in [2.24, 2.45) is 5.92 Å². The summed E-state index contributed by atoms with van der Waals surface area (Å²) in [7, 11) is 0. The highest BCUT2D eigenvalue weighted by Gasteiger charge is 2.27. The first-order valence-corrected chi connectivity index (χ1v) is 13.4. The predicted octanol–water partition coefficient (Wildman–Crippen LogP) is 5.33. The molecule has 0 aliphatic carbocycles. The third kappa shape index (κ3) is 5.12. The highest BCUT2D eigenvalue weighted by molar-refractivity contribution is 7.99. The predicted molar refractivity (Wildman–Crippen MR) is 140 cm³/mol. The van der Waals surface area contributed by atoms with Crippen LogP contribution < -0.4 is 0 Å². The number of nitriles is 1. The second-order valence-corrected chi connectivity index (χ2v) is 10.4. The molecule has 192 valence electrons. The Morgan fingerprint density at radius 1 is 1.27 bits per heavy atom. The number of hydrogen-bond donors (Lipinski definition) is 0. The van der Waals surface area contributed by atoms with Crippen LogP contribution in [0, 0.1) is 30.0 Å². The van der Waals surface area contributed by atoms with Crippen molar-refractivity contribution in [2.75, 3.05) is 26.4 Å². The first-order valence-electron chi connectivity index (χ1n) is 12.5. The van der Waals surface area contributed by atoms with Gasteiger partial charge in [-0.05, 0) is 57.7 Å². The monoisotopic (exact) mass is 519 g/mol. The lowest BCUT2D eigenvalue weighted by Crippen LogP contribution is -2.37. The Balaban J connectivity index is 1.45. The summed E-state index contributed by atoms with van der Waals surface area (Å²) in [5.41, 5.74) is 4.03. The summed E-state index contributed by atoms with van der Waals surface area (Å²) < 4.78 is 23.8. The van der Waals surface area contributed by atoms with Crippen LogP contribution in [0.15, 0.2) is 52.9 Å². The molecule has 1 aliphatic rings. The van der Waals surface area contributed by atoms with Crippen molar-refractivity contribution in [1.82, 2.24) is 29.3 Å². The van der Waals surface area contributed by atoms with Gasteiger partial charge in [0.15, 0.2) is 5.82 Å². The number of pyridine rings is 2. The van der Waals surface area contributed by atoms with Gasteiger partial charge in [0.25, 0.3) is 0 Å². The molecular formula is C27H30FN7OS. The Morgan fingerprint density at radius 2 is 2.08 bits per heavy atom. The quantitative estimate of drug-likeness (QED) is 0.311. The van der Waals surface area contributed by atoms with E-state index in [0.29, 0.717) is 28.6 Å². The lowest BCUT2D eigenvalue weighted by Gasteiger charge is -2.35. The topological polar surface area (TPSA) is 84.3 Å². The normalized spacial score (nSPS) is 15.8. The standard InChI is InChI=1S/C27H30FN7OS/c1-4-36-17-33-10-7-20(8-11-33)18(2)35-19(3)23(15-32-35)21-12-25(37-27-24(28)6-5-9-30-27)26-22(13-29)14-31-34(26)16-21/h5-6,9,12,14-16,18,20H,4,7-8,10-11,17H2,1-3H3/t18-/m1/s1. The second kappa shape index (κ2) is 11.0. The zero-order valence-electron chi connectivity index (χ0n) is 21.3. The van der Waals surface area contributed by atoms with Crippen molar-refractivity contribution in [2.45, 2.75) is 49.6 Å². The molecule has 0 radical (unpaired) electrons. The maximum absolute atomic E-state index is 14.4. The molecule has 5 rings (SSSR count). The Hall–Kier alpha value is -3.26. The van der Waals surface area contributed by atoms with Crippen LogP contribution in [0.5, 0.6) is 0 Å². The van der Waals surface area contributed by atoms with Gasteiger partial charge in [0.2, 0.25) is 0 Å². The minimum absolute atomic E-state index is 0.253. The number of piperidine rings is 1. The molecule has 4 aromatic heterocycles. The van der Waals surface area contributed by atoms with Gasteiger partial charge in [-0.3, -0.25) is 9.58 Å². The summed E-state index contributed by atoms with van der Waals surface area (Å²) in [6.45, 7) is 9.86. The Kier molecular flexibility index (Phi) is 7.55. The minimum Gasteiger partial charge on any atom is -0.366 e. The van der Waals surface area contributed by atoms with E-state index >= 15 is 0 Å². The molecule has 1 atom stereocenters. The first kappa shape index (κ1) is 25.4. The van der Waals surface area contributed by atoms with Crippen LogP contribution in [0.4, 0.5) is 4.39 Å². The van der Waals surface area contributed by atoms with Gasteiger partial charge >= 0.3 is 0 Å². The Labute approximate surface area is 220 Å². The number of nitrogens with zero attached hydrogens (tertiary/aromatic N) is 7. The van der Waals surface area contributed by atoms with Gasteiger partial charge in [0, 0.05) is 53.8 Å². The molecule has 0 unspecified atom stereocenters. The van der Waals surface area contributed by atoms with E-state index in [1.165, 1.54) is 24.0 Å². The lowest BCUT2D eigenvalue weighted by molar-refractivity contribution is 0.0114. The summed E-state index contributed by atoms with van der Waals surface area (Å²) in [5.74, 6) is 0.133. The summed E-state index contributed by atoms with van der Waals surface area (Å²) in [6.07, 6.45) is 9.10. The number of ether oxygens (including phenoxy) is 1.